The van der Waals surface area contributed by atoms with E-state index in [1.165, 1.54) is 18.2 Å². The monoisotopic (exact) mass is 223 g/mol. The first-order valence-electron chi connectivity index (χ1n) is 4.07. The first kappa shape index (κ1) is 11.4. The van der Waals surface area contributed by atoms with Crippen LogP contribution in [-0.2, 0) is 10.0 Å². The van der Waals surface area contributed by atoms with Crippen molar-refractivity contribution in [1.82, 2.24) is 9.71 Å². The van der Waals surface area contributed by atoms with Gasteiger partial charge in [0.2, 0.25) is 10.0 Å². The van der Waals surface area contributed by atoms with Crippen molar-refractivity contribution in [1.29, 1.82) is 5.26 Å². The molecule has 0 aliphatic heterocycles. The number of hydrogen-bond donors (Lipinski definition) is 1. The molecule has 1 N–H and O–H groups in total. The van der Waals surface area contributed by atoms with Crippen molar-refractivity contribution < 1.29 is 8.42 Å². The first-order chi connectivity index (χ1) is 7.10. The quantitative estimate of drug-likeness (QED) is 0.750. The summed E-state index contributed by atoms with van der Waals surface area (Å²) in [6, 6.07) is 4.49. The summed E-state index contributed by atoms with van der Waals surface area (Å²) in [5, 5.41) is 8.48. The largest absolute Gasteiger partial charge is 0.244 e. The Bertz CT molecular complexity index is 485. The van der Waals surface area contributed by atoms with E-state index in [4.69, 9.17) is 5.26 Å². The van der Waals surface area contributed by atoms with Gasteiger partial charge in [-0.1, -0.05) is 6.08 Å². The number of hydrogen-bond acceptors (Lipinski definition) is 4. The summed E-state index contributed by atoms with van der Waals surface area (Å²) in [5.41, 5.74) is 0.178. The van der Waals surface area contributed by atoms with E-state index in [0.29, 0.717) is 0 Å². The van der Waals surface area contributed by atoms with Crippen LogP contribution in [-0.4, -0.2) is 19.9 Å². The molecule has 0 fully saturated rings. The number of nitrogens with zero attached hydrogens (tertiary/aromatic N) is 2. The molecule has 1 rings (SSSR count). The molecular weight excluding hydrogens is 214 g/mol. The van der Waals surface area contributed by atoms with Crippen molar-refractivity contribution in [3.8, 4) is 6.07 Å². The minimum Gasteiger partial charge on any atom is -0.244 e. The molecule has 6 heteroatoms. The van der Waals surface area contributed by atoms with Crippen LogP contribution in [0.1, 0.15) is 5.69 Å². The summed E-state index contributed by atoms with van der Waals surface area (Å²) in [6.07, 6.45) is 2.58. The maximum atomic E-state index is 11.5. The van der Waals surface area contributed by atoms with Gasteiger partial charge in [0.1, 0.15) is 16.7 Å². The second-order valence-electron chi connectivity index (χ2n) is 2.63. The lowest BCUT2D eigenvalue weighted by Gasteiger charge is -2.03. The van der Waals surface area contributed by atoms with Gasteiger partial charge in [0.05, 0.1) is 0 Å². The van der Waals surface area contributed by atoms with E-state index in [1.54, 1.807) is 6.07 Å². The minimum absolute atomic E-state index is 0.0309. The van der Waals surface area contributed by atoms with Crippen LogP contribution in [0.5, 0.6) is 0 Å². The van der Waals surface area contributed by atoms with Gasteiger partial charge in [0.15, 0.2) is 0 Å². The topological polar surface area (TPSA) is 82.9 Å². The Labute approximate surface area is 88.1 Å². The molecule has 0 spiro atoms. The van der Waals surface area contributed by atoms with Gasteiger partial charge in [-0.3, -0.25) is 0 Å². The summed E-state index contributed by atoms with van der Waals surface area (Å²) >= 11 is 0. The molecule has 0 bridgehead atoms. The van der Waals surface area contributed by atoms with E-state index in [2.05, 4.69) is 16.3 Å². The highest BCUT2D eigenvalue weighted by Gasteiger charge is 2.12. The Morgan fingerprint density at radius 1 is 1.60 bits per heavy atom. The van der Waals surface area contributed by atoms with Crippen LogP contribution in [0.15, 0.2) is 35.9 Å². The molecule has 0 aromatic carbocycles. The highest BCUT2D eigenvalue weighted by molar-refractivity contribution is 7.89. The molecule has 78 valence electrons. The smallest absolute Gasteiger partial charge is 0.242 e. The lowest BCUT2D eigenvalue weighted by molar-refractivity contribution is 0.585. The Hall–Kier alpha value is -1.71. The zero-order valence-corrected chi connectivity index (χ0v) is 8.66. The maximum absolute atomic E-state index is 11.5. The number of aromatic nitrogens is 1. The fourth-order valence-corrected chi connectivity index (χ4v) is 1.80. The third kappa shape index (κ3) is 2.87. The van der Waals surface area contributed by atoms with Crippen molar-refractivity contribution in [3.63, 3.8) is 0 Å². The van der Waals surface area contributed by atoms with Gasteiger partial charge in [0.25, 0.3) is 0 Å². The molecule has 0 saturated heterocycles. The molecule has 0 saturated carbocycles. The van der Waals surface area contributed by atoms with Crippen molar-refractivity contribution >= 4 is 10.0 Å². The first-order valence-corrected chi connectivity index (χ1v) is 5.55. The van der Waals surface area contributed by atoms with Crippen LogP contribution in [0.25, 0.3) is 0 Å². The Balaban J connectivity index is 2.96. The molecule has 0 aliphatic carbocycles. The lowest BCUT2D eigenvalue weighted by Crippen LogP contribution is -2.23. The van der Waals surface area contributed by atoms with Crippen molar-refractivity contribution in [2.24, 2.45) is 0 Å². The SMILES string of the molecule is C=CCNS(=O)(=O)c1ccc(C#N)nc1. The average molecular weight is 223 g/mol. The van der Waals surface area contributed by atoms with Gasteiger partial charge < -0.3 is 0 Å². The zero-order valence-electron chi connectivity index (χ0n) is 7.84. The number of nitriles is 1. The highest BCUT2D eigenvalue weighted by atomic mass is 32.2. The second-order valence-corrected chi connectivity index (χ2v) is 4.40. The molecular formula is C9H9N3O2S. The fourth-order valence-electron chi connectivity index (χ4n) is 0.857. The normalized spacial score (nSPS) is 10.6. The molecule has 0 aliphatic rings. The average Bonchev–Trinajstić information content (AvgIpc) is 2.26. The van der Waals surface area contributed by atoms with E-state index in [9.17, 15) is 8.42 Å². The van der Waals surface area contributed by atoms with Crippen molar-refractivity contribution in [2.45, 2.75) is 4.90 Å². The highest BCUT2D eigenvalue weighted by Crippen LogP contribution is 2.06. The second kappa shape index (κ2) is 4.68. The van der Waals surface area contributed by atoms with Crippen molar-refractivity contribution in [3.05, 3.63) is 36.7 Å². The number of pyridine rings is 1. The van der Waals surface area contributed by atoms with Crippen LogP contribution in [0.3, 0.4) is 0 Å². The summed E-state index contributed by atoms with van der Waals surface area (Å²) in [7, 11) is -3.54. The van der Waals surface area contributed by atoms with E-state index >= 15 is 0 Å². The summed E-state index contributed by atoms with van der Waals surface area (Å²) in [4.78, 5) is 3.70. The molecule has 0 unspecified atom stereocenters. The minimum atomic E-state index is -3.54. The lowest BCUT2D eigenvalue weighted by atomic mass is 10.4. The molecule has 0 atom stereocenters. The van der Waals surface area contributed by atoms with E-state index < -0.39 is 10.0 Å². The molecule has 15 heavy (non-hydrogen) atoms. The van der Waals surface area contributed by atoms with Crippen molar-refractivity contribution in [2.75, 3.05) is 6.54 Å². The van der Waals surface area contributed by atoms with Crippen LogP contribution >= 0.6 is 0 Å². The van der Waals surface area contributed by atoms with Gasteiger partial charge in [-0.25, -0.2) is 18.1 Å². The van der Waals surface area contributed by atoms with Crippen LogP contribution in [0.2, 0.25) is 0 Å². The molecule has 5 nitrogen and oxygen atoms in total. The van der Waals surface area contributed by atoms with E-state index in [0.717, 1.165) is 6.20 Å². The summed E-state index contributed by atoms with van der Waals surface area (Å²) in [5.74, 6) is 0. The third-order valence-corrected chi connectivity index (χ3v) is 2.99. The summed E-state index contributed by atoms with van der Waals surface area (Å²) in [6.45, 7) is 3.55. The number of rotatable bonds is 4. The number of nitrogens with one attached hydrogen (secondary N) is 1. The predicted octanol–water partition coefficient (Wildman–Crippen LogP) is 0.418. The Morgan fingerprint density at radius 3 is 2.80 bits per heavy atom. The van der Waals surface area contributed by atoms with Gasteiger partial charge >= 0.3 is 0 Å². The molecule has 1 aromatic heterocycles. The molecule has 1 aromatic rings. The molecule has 0 radical (unpaired) electrons. The standard InChI is InChI=1S/C9H9N3O2S/c1-2-5-12-15(13,14)9-4-3-8(6-10)11-7-9/h2-4,7,12H,1,5H2. The van der Waals surface area contributed by atoms with Gasteiger partial charge in [-0.05, 0) is 12.1 Å². The van der Waals surface area contributed by atoms with E-state index in [1.807, 2.05) is 0 Å². The predicted molar refractivity (Wildman–Crippen MR) is 54.3 cm³/mol. The fraction of sp³-hybridized carbons (Fsp3) is 0.111. The summed E-state index contributed by atoms with van der Waals surface area (Å²) < 4.78 is 25.3. The van der Waals surface area contributed by atoms with Gasteiger partial charge in [-0.15, -0.1) is 6.58 Å². The van der Waals surface area contributed by atoms with Crippen LogP contribution < -0.4 is 4.72 Å². The maximum Gasteiger partial charge on any atom is 0.242 e. The molecule has 1 heterocycles. The van der Waals surface area contributed by atoms with Gasteiger partial charge in [0, 0.05) is 12.7 Å². The van der Waals surface area contributed by atoms with Gasteiger partial charge in [-0.2, -0.15) is 5.26 Å². The van der Waals surface area contributed by atoms with Crippen LogP contribution in [0.4, 0.5) is 0 Å². The van der Waals surface area contributed by atoms with E-state index in [-0.39, 0.29) is 17.1 Å². The third-order valence-electron chi connectivity index (χ3n) is 1.58. The Morgan fingerprint density at radius 2 is 2.33 bits per heavy atom. The van der Waals surface area contributed by atoms with Crippen LogP contribution in [0, 0.1) is 11.3 Å². The zero-order chi connectivity index (χ0) is 11.3. The molecule has 0 amide bonds. The number of sulfonamides is 1. The Kier molecular flexibility index (Phi) is 3.55.